The van der Waals surface area contributed by atoms with Crippen LogP contribution in [-0.4, -0.2) is 27.2 Å². The third kappa shape index (κ3) is 3.03. The highest BCUT2D eigenvalue weighted by molar-refractivity contribution is 7.15. The van der Waals surface area contributed by atoms with E-state index in [1.54, 1.807) is 35.8 Å². The Balaban J connectivity index is 1.63. The molecule has 4 rings (SSSR count). The van der Waals surface area contributed by atoms with E-state index in [-0.39, 0.29) is 17.5 Å². The smallest absolute Gasteiger partial charge is 0.271 e. The number of nitrogens with one attached hydrogen (secondary N) is 2. The second-order valence-corrected chi connectivity index (χ2v) is 6.65. The molecule has 7 nitrogen and oxygen atoms in total. The monoisotopic (exact) mass is 354 g/mol. The van der Waals surface area contributed by atoms with E-state index in [4.69, 9.17) is 0 Å². The van der Waals surface area contributed by atoms with Gasteiger partial charge in [-0.15, -0.1) is 11.3 Å². The molecule has 3 aromatic rings. The first-order valence-electron chi connectivity index (χ1n) is 7.79. The number of carbonyl (C=O) groups is 2. The summed E-state index contributed by atoms with van der Waals surface area (Å²) in [5.74, 6) is -0.827. The maximum Gasteiger partial charge on any atom is 0.271 e. The number of thiazole rings is 1. The highest BCUT2D eigenvalue weighted by Crippen LogP contribution is 2.21. The van der Waals surface area contributed by atoms with Crippen molar-refractivity contribution >= 4 is 33.8 Å². The predicted molar refractivity (Wildman–Crippen MR) is 94.2 cm³/mol. The Hall–Kier alpha value is -3.00. The molecule has 8 heteroatoms. The number of anilines is 1. The van der Waals surface area contributed by atoms with Crippen molar-refractivity contribution in [3.8, 4) is 0 Å². The van der Waals surface area contributed by atoms with Crippen LogP contribution in [0, 0.1) is 0 Å². The van der Waals surface area contributed by atoms with Gasteiger partial charge in [0.15, 0.2) is 4.96 Å². The van der Waals surface area contributed by atoms with Crippen molar-refractivity contribution in [3.05, 3.63) is 63.5 Å². The van der Waals surface area contributed by atoms with Crippen LogP contribution in [0.25, 0.3) is 4.96 Å². The third-order valence-corrected chi connectivity index (χ3v) is 4.69. The summed E-state index contributed by atoms with van der Waals surface area (Å²) in [6.45, 7) is 0. The molecule has 1 aliphatic carbocycles. The lowest BCUT2D eigenvalue weighted by Gasteiger charge is -2.11. The highest BCUT2D eigenvalue weighted by Gasteiger charge is 2.25. The van der Waals surface area contributed by atoms with Crippen molar-refractivity contribution in [2.45, 2.75) is 18.9 Å². The lowest BCUT2D eigenvalue weighted by molar-refractivity contribution is 0.0952. The number of carbonyl (C=O) groups excluding carboxylic acids is 2. The molecule has 0 saturated heterocycles. The molecule has 0 bridgehead atoms. The fourth-order valence-corrected chi connectivity index (χ4v) is 3.13. The average molecular weight is 354 g/mol. The lowest BCUT2D eigenvalue weighted by atomic mass is 10.1. The van der Waals surface area contributed by atoms with Gasteiger partial charge in [0.2, 0.25) is 0 Å². The Bertz CT molecular complexity index is 1040. The van der Waals surface area contributed by atoms with E-state index in [1.165, 1.54) is 21.9 Å². The molecule has 2 aromatic heterocycles. The van der Waals surface area contributed by atoms with Crippen LogP contribution >= 0.6 is 11.3 Å². The van der Waals surface area contributed by atoms with Gasteiger partial charge in [0, 0.05) is 23.8 Å². The first kappa shape index (κ1) is 15.5. The van der Waals surface area contributed by atoms with Crippen LogP contribution in [0.4, 0.5) is 5.69 Å². The van der Waals surface area contributed by atoms with Gasteiger partial charge in [-0.25, -0.2) is 4.98 Å². The molecule has 25 heavy (non-hydrogen) atoms. The van der Waals surface area contributed by atoms with Gasteiger partial charge in [0.1, 0.15) is 5.56 Å². The molecule has 0 atom stereocenters. The summed E-state index contributed by atoms with van der Waals surface area (Å²) in [5, 5.41) is 7.26. The number of amides is 2. The van der Waals surface area contributed by atoms with Gasteiger partial charge in [-0.3, -0.25) is 18.8 Å². The minimum atomic E-state index is -0.593. The van der Waals surface area contributed by atoms with Crippen molar-refractivity contribution < 1.29 is 9.59 Å². The van der Waals surface area contributed by atoms with E-state index in [1.807, 2.05) is 0 Å². The molecule has 0 spiro atoms. The van der Waals surface area contributed by atoms with Gasteiger partial charge in [0.05, 0.1) is 11.3 Å². The second-order valence-electron chi connectivity index (χ2n) is 5.78. The fourth-order valence-electron chi connectivity index (χ4n) is 2.45. The zero-order valence-corrected chi connectivity index (χ0v) is 13.9. The maximum atomic E-state index is 12.5. The summed E-state index contributed by atoms with van der Waals surface area (Å²) >= 11 is 1.31. The highest BCUT2D eigenvalue weighted by atomic mass is 32.1. The normalized spacial score (nSPS) is 13.6. The van der Waals surface area contributed by atoms with Crippen LogP contribution in [0.1, 0.15) is 33.6 Å². The van der Waals surface area contributed by atoms with Crippen LogP contribution in [0.15, 0.2) is 46.8 Å². The number of para-hydroxylation sites is 1. The number of nitrogens with zero attached hydrogens (tertiary/aromatic N) is 2. The van der Waals surface area contributed by atoms with Crippen molar-refractivity contribution in [1.82, 2.24) is 14.7 Å². The summed E-state index contributed by atoms with van der Waals surface area (Å²) in [4.78, 5) is 41.8. The zero-order valence-electron chi connectivity index (χ0n) is 13.1. The lowest BCUT2D eigenvalue weighted by Crippen LogP contribution is -2.29. The van der Waals surface area contributed by atoms with E-state index in [0.717, 1.165) is 12.8 Å². The summed E-state index contributed by atoms with van der Waals surface area (Å²) in [5.41, 5.74) is 0.213. The summed E-state index contributed by atoms with van der Waals surface area (Å²) in [7, 11) is 0. The number of aromatic nitrogens is 2. The van der Waals surface area contributed by atoms with Gasteiger partial charge in [-0.2, -0.15) is 0 Å². The molecule has 0 radical (unpaired) electrons. The van der Waals surface area contributed by atoms with Gasteiger partial charge < -0.3 is 10.6 Å². The molecule has 126 valence electrons. The van der Waals surface area contributed by atoms with Crippen LogP contribution in [0.3, 0.4) is 0 Å². The topological polar surface area (TPSA) is 92.6 Å². The van der Waals surface area contributed by atoms with E-state index >= 15 is 0 Å². The number of hydrogen-bond acceptors (Lipinski definition) is 5. The van der Waals surface area contributed by atoms with E-state index in [9.17, 15) is 14.4 Å². The Morgan fingerprint density at radius 1 is 1.16 bits per heavy atom. The Morgan fingerprint density at radius 2 is 1.96 bits per heavy atom. The van der Waals surface area contributed by atoms with E-state index in [0.29, 0.717) is 16.2 Å². The van der Waals surface area contributed by atoms with E-state index < -0.39 is 11.5 Å². The van der Waals surface area contributed by atoms with Crippen molar-refractivity contribution in [1.29, 1.82) is 0 Å². The molecular weight excluding hydrogens is 340 g/mol. The standard InChI is InChI=1S/C17H14N4O3S/c22-14(19-10-5-6-10)11-3-1-2-4-13(11)20-15(23)12-9-18-17-21(16(12)24)7-8-25-17/h1-4,7-10H,5-6H2,(H,19,22)(H,20,23). The van der Waals surface area contributed by atoms with Crippen LogP contribution in [0.2, 0.25) is 0 Å². The molecule has 1 aromatic carbocycles. The Labute approximate surface area is 146 Å². The molecule has 1 saturated carbocycles. The minimum Gasteiger partial charge on any atom is -0.349 e. The Kier molecular flexibility index (Phi) is 3.81. The van der Waals surface area contributed by atoms with E-state index in [2.05, 4.69) is 15.6 Å². The molecule has 0 aliphatic heterocycles. The fraction of sp³-hybridized carbons (Fsp3) is 0.176. The van der Waals surface area contributed by atoms with Gasteiger partial charge in [-0.1, -0.05) is 12.1 Å². The van der Waals surface area contributed by atoms with Gasteiger partial charge in [0.25, 0.3) is 17.4 Å². The maximum absolute atomic E-state index is 12.5. The number of hydrogen-bond donors (Lipinski definition) is 2. The van der Waals surface area contributed by atoms with Crippen molar-refractivity contribution in [3.63, 3.8) is 0 Å². The molecule has 0 unspecified atom stereocenters. The largest absolute Gasteiger partial charge is 0.349 e. The summed E-state index contributed by atoms with van der Waals surface area (Å²) < 4.78 is 1.32. The number of rotatable bonds is 4. The predicted octanol–water partition coefficient (Wildman–Crippen LogP) is 1.90. The summed E-state index contributed by atoms with van der Waals surface area (Å²) in [6, 6.07) is 6.93. The minimum absolute atomic E-state index is 0.0756. The Morgan fingerprint density at radius 3 is 2.76 bits per heavy atom. The zero-order chi connectivity index (χ0) is 17.4. The van der Waals surface area contributed by atoms with Crippen molar-refractivity contribution in [2.75, 3.05) is 5.32 Å². The van der Waals surface area contributed by atoms with Gasteiger partial charge in [-0.05, 0) is 25.0 Å². The molecule has 2 amide bonds. The van der Waals surface area contributed by atoms with Crippen LogP contribution < -0.4 is 16.2 Å². The number of fused-ring (bicyclic) bond motifs is 1. The third-order valence-electron chi connectivity index (χ3n) is 3.92. The molecule has 1 fully saturated rings. The average Bonchev–Trinajstić information content (AvgIpc) is 3.28. The van der Waals surface area contributed by atoms with Crippen LogP contribution in [-0.2, 0) is 0 Å². The van der Waals surface area contributed by atoms with Crippen LogP contribution in [0.5, 0.6) is 0 Å². The van der Waals surface area contributed by atoms with Gasteiger partial charge >= 0.3 is 0 Å². The quantitative estimate of drug-likeness (QED) is 0.748. The first-order chi connectivity index (χ1) is 12.1. The summed E-state index contributed by atoms with van der Waals surface area (Å²) in [6.07, 6.45) is 4.78. The molecule has 1 aliphatic rings. The molecular formula is C17H14N4O3S. The van der Waals surface area contributed by atoms with Crippen molar-refractivity contribution in [2.24, 2.45) is 0 Å². The SMILES string of the molecule is O=C(NC1CC1)c1ccccc1NC(=O)c1cnc2sccn2c1=O. The second kappa shape index (κ2) is 6.14. The molecule has 2 N–H and O–H groups in total. The number of benzene rings is 1. The first-order valence-corrected chi connectivity index (χ1v) is 8.67. The molecule has 2 heterocycles.